The van der Waals surface area contributed by atoms with Crippen LogP contribution in [0.1, 0.15) is 45.6 Å². The van der Waals surface area contributed by atoms with Crippen LogP contribution in [0.3, 0.4) is 0 Å². The van der Waals surface area contributed by atoms with Crippen molar-refractivity contribution in [2.24, 2.45) is 0 Å². The molecule has 11 nitrogen and oxygen atoms in total. The number of halogens is 3. The van der Waals surface area contributed by atoms with Crippen LogP contribution < -0.4 is 26.9 Å². The number of unbranched alkanes of at least 4 members (excludes halogenated alkanes) is 1. The molecule has 1 heterocycles. The molecule has 1 atom stereocenters. The molecular formula is C25H31F3N4O7. The summed E-state index contributed by atoms with van der Waals surface area (Å²) in [5.74, 6) is -3.45. The highest BCUT2D eigenvalue weighted by molar-refractivity contribution is 5.99. The molecule has 0 saturated carbocycles. The van der Waals surface area contributed by atoms with Crippen LogP contribution in [0, 0.1) is 6.92 Å². The van der Waals surface area contributed by atoms with Gasteiger partial charge in [0.15, 0.2) is 0 Å². The van der Waals surface area contributed by atoms with Crippen molar-refractivity contribution in [1.29, 1.82) is 0 Å². The van der Waals surface area contributed by atoms with Gasteiger partial charge in [-0.3, -0.25) is 14.4 Å². The van der Waals surface area contributed by atoms with Crippen LogP contribution in [0.5, 0.6) is 0 Å². The van der Waals surface area contributed by atoms with Crippen molar-refractivity contribution in [3.05, 3.63) is 40.2 Å². The van der Waals surface area contributed by atoms with E-state index >= 15 is 0 Å². The number of rotatable bonds is 10. The number of amides is 4. The molecule has 0 aliphatic heterocycles. The second kappa shape index (κ2) is 13.1. The lowest BCUT2D eigenvalue weighted by atomic mass is 10.1. The summed E-state index contributed by atoms with van der Waals surface area (Å²) >= 11 is 0. The van der Waals surface area contributed by atoms with E-state index in [1.54, 1.807) is 45.1 Å². The molecule has 0 fully saturated rings. The lowest BCUT2D eigenvalue weighted by molar-refractivity contribution is -0.173. The predicted molar refractivity (Wildman–Crippen MR) is 135 cm³/mol. The van der Waals surface area contributed by atoms with Crippen molar-refractivity contribution in [2.75, 3.05) is 18.4 Å². The standard InChI is InChI=1S/C25H31F3N4O7/c1-14-11-20(34)38-18-12-15(8-9-16(14)18)31-21(35)17(7-5-6-10-29-22(36)25(26,27)28)32-19(33)13-30-23(37)39-24(2,3)4/h8-9,11-12,17H,5-7,10,13H2,1-4H3,(H,29,36)(H,30,37)(H,31,35)(H,32,33)/t17-/m0/s1. The quantitative estimate of drug-likeness (QED) is 0.259. The Morgan fingerprint density at radius 2 is 1.72 bits per heavy atom. The van der Waals surface area contributed by atoms with Crippen LogP contribution in [-0.2, 0) is 19.1 Å². The number of nitrogens with one attached hydrogen (secondary N) is 4. The second-order valence-corrected chi connectivity index (χ2v) is 9.67. The number of alkyl halides is 3. The first-order valence-electron chi connectivity index (χ1n) is 12.0. The van der Waals surface area contributed by atoms with E-state index in [-0.39, 0.29) is 37.1 Å². The summed E-state index contributed by atoms with van der Waals surface area (Å²) in [5.41, 5.74) is -0.171. The molecule has 1 aromatic carbocycles. The number of hydrogen-bond acceptors (Lipinski definition) is 7. The average molecular weight is 557 g/mol. The molecule has 0 radical (unpaired) electrons. The molecule has 0 spiro atoms. The first kappa shape index (κ1) is 31.1. The molecule has 0 aliphatic carbocycles. The molecule has 4 amide bonds. The third kappa shape index (κ3) is 10.7. The molecule has 1 aromatic heterocycles. The van der Waals surface area contributed by atoms with Crippen LogP contribution in [0.25, 0.3) is 11.0 Å². The third-order valence-corrected chi connectivity index (χ3v) is 5.13. The van der Waals surface area contributed by atoms with Crippen molar-refractivity contribution < 1.29 is 41.5 Å². The Bertz CT molecular complexity index is 1270. The van der Waals surface area contributed by atoms with E-state index in [1.165, 1.54) is 12.1 Å². The van der Waals surface area contributed by atoms with Crippen LogP contribution in [-0.4, -0.2) is 54.7 Å². The number of fused-ring (bicyclic) bond motifs is 1. The van der Waals surface area contributed by atoms with E-state index in [1.807, 2.05) is 0 Å². The van der Waals surface area contributed by atoms with Gasteiger partial charge in [-0.1, -0.05) is 0 Å². The largest absolute Gasteiger partial charge is 0.471 e. The van der Waals surface area contributed by atoms with Crippen molar-refractivity contribution in [3.63, 3.8) is 0 Å². The maximum Gasteiger partial charge on any atom is 0.471 e. The number of anilines is 1. The number of benzene rings is 1. The minimum absolute atomic E-state index is 0.00761. The molecule has 39 heavy (non-hydrogen) atoms. The average Bonchev–Trinajstić information content (AvgIpc) is 2.79. The molecular weight excluding hydrogens is 525 g/mol. The molecule has 2 aromatic rings. The second-order valence-electron chi connectivity index (χ2n) is 9.67. The van der Waals surface area contributed by atoms with Crippen molar-refractivity contribution in [3.8, 4) is 0 Å². The minimum atomic E-state index is -5.00. The number of aryl methyl sites for hydroxylation is 1. The topological polar surface area (TPSA) is 156 Å². The Kier molecular flexibility index (Phi) is 10.5. The first-order chi connectivity index (χ1) is 18.0. The molecule has 0 aliphatic rings. The van der Waals surface area contributed by atoms with Crippen LogP contribution >= 0.6 is 0 Å². The maximum atomic E-state index is 13.0. The Morgan fingerprint density at radius 3 is 2.36 bits per heavy atom. The Morgan fingerprint density at radius 1 is 1.03 bits per heavy atom. The Hall–Kier alpha value is -4.10. The van der Waals surface area contributed by atoms with E-state index in [0.29, 0.717) is 10.9 Å². The lowest BCUT2D eigenvalue weighted by Gasteiger charge is -2.21. The van der Waals surface area contributed by atoms with E-state index < -0.39 is 53.8 Å². The molecule has 0 unspecified atom stereocenters. The molecule has 0 saturated heterocycles. The first-order valence-corrected chi connectivity index (χ1v) is 12.0. The van der Waals surface area contributed by atoms with Gasteiger partial charge >= 0.3 is 23.8 Å². The zero-order valence-electron chi connectivity index (χ0n) is 21.9. The fraction of sp³-hybridized carbons (Fsp3) is 0.480. The normalized spacial score (nSPS) is 12.4. The van der Waals surface area contributed by atoms with Crippen molar-refractivity contribution >= 4 is 40.5 Å². The van der Waals surface area contributed by atoms with Crippen molar-refractivity contribution in [1.82, 2.24) is 16.0 Å². The van der Waals surface area contributed by atoms with Gasteiger partial charge in [0.25, 0.3) is 0 Å². The van der Waals surface area contributed by atoms with Gasteiger partial charge in [0.2, 0.25) is 11.8 Å². The number of carbonyl (C=O) groups is 4. The number of hydrogen-bond donors (Lipinski definition) is 4. The molecule has 14 heteroatoms. The Labute approximate surface area is 221 Å². The Balaban J connectivity index is 2.06. The summed E-state index contributed by atoms with van der Waals surface area (Å²) in [4.78, 5) is 59.9. The summed E-state index contributed by atoms with van der Waals surface area (Å²) < 4.78 is 47.2. The van der Waals surface area contributed by atoms with Crippen LogP contribution in [0.2, 0.25) is 0 Å². The number of alkyl carbamates (subject to hydrolysis) is 1. The number of carbonyl (C=O) groups excluding carboxylic acids is 4. The smallest absolute Gasteiger partial charge is 0.444 e. The highest BCUT2D eigenvalue weighted by Crippen LogP contribution is 2.21. The number of ether oxygens (including phenoxy) is 1. The van der Waals surface area contributed by atoms with Gasteiger partial charge in [-0.05, 0) is 64.7 Å². The lowest BCUT2D eigenvalue weighted by Crippen LogP contribution is -2.48. The van der Waals surface area contributed by atoms with Gasteiger partial charge in [0.05, 0.1) is 0 Å². The third-order valence-electron chi connectivity index (χ3n) is 5.13. The van der Waals surface area contributed by atoms with Crippen LogP contribution in [0.4, 0.5) is 23.7 Å². The molecule has 2 rings (SSSR count). The highest BCUT2D eigenvalue weighted by Gasteiger charge is 2.38. The van der Waals surface area contributed by atoms with Gasteiger partial charge in [0, 0.05) is 29.8 Å². The summed E-state index contributed by atoms with van der Waals surface area (Å²) in [6.07, 6.45) is -5.57. The SMILES string of the molecule is Cc1cc(=O)oc2cc(NC(=O)[C@H](CCCCNC(=O)C(F)(F)F)NC(=O)CNC(=O)OC(C)(C)C)ccc12. The van der Waals surface area contributed by atoms with Gasteiger partial charge in [-0.2, -0.15) is 13.2 Å². The summed E-state index contributed by atoms with van der Waals surface area (Å²) in [5, 5.41) is 9.74. The van der Waals surface area contributed by atoms with Gasteiger partial charge < -0.3 is 30.4 Å². The minimum Gasteiger partial charge on any atom is -0.444 e. The molecule has 214 valence electrons. The summed E-state index contributed by atoms with van der Waals surface area (Å²) in [6, 6.07) is 4.84. The summed E-state index contributed by atoms with van der Waals surface area (Å²) in [6.45, 7) is 5.87. The van der Waals surface area contributed by atoms with E-state index in [4.69, 9.17) is 9.15 Å². The van der Waals surface area contributed by atoms with Crippen LogP contribution in [0.15, 0.2) is 33.5 Å². The zero-order chi connectivity index (χ0) is 29.4. The zero-order valence-corrected chi connectivity index (χ0v) is 21.9. The van der Waals surface area contributed by atoms with E-state index in [9.17, 15) is 37.1 Å². The molecule has 4 N–H and O–H groups in total. The highest BCUT2D eigenvalue weighted by atomic mass is 19.4. The molecule has 0 bridgehead atoms. The van der Waals surface area contributed by atoms with Gasteiger partial charge in [-0.25, -0.2) is 9.59 Å². The fourth-order valence-corrected chi connectivity index (χ4v) is 3.39. The predicted octanol–water partition coefficient (Wildman–Crippen LogP) is 2.90. The van der Waals surface area contributed by atoms with Gasteiger partial charge in [-0.15, -0.1) is 0 Å². The summed E-state index contributed by atoms with van der Waals surface area (Å²) in [7, 11) is 0. The van der Waals surface area contributed by atoms with E-state index in [0.717, 1.165) is 0 Å². The van der Waals surface area contributed by atoms with E-state index in [2.05, 4.69) is 16.0 Å². The van der Waals surface area contributed by atoms with Crippen molar-refractivity contribution in [2.45, 2.75) is 64.8 Å². The monoisotopic (exact) mass is 556 g/mol. The fourth-order valence-electron chi connectivity index (χ4n) is 3.39. The van der Waals surface area contributed by atoms with Gasteiger partial charge in [0.1, 0.15) is 23.8 Å². The maximum absolute atomic E-state index is 13.0.